The van der Waals surface area contributed by atoms with Crippen LogP contribution in [0.1, 0.15) is 31.7 Å². The summed E-state index contributed by atoms with van der Waals surface area (Å²) in [7, 11) is -3.55. The molecule has 0 aliphatic carbocycles. The molecule has 6 nitrogen and oxygen atoms in total. The van der Waals surface area contributed by atoms with E-state index in [1.165, 1.54) is 4.31 Å². The highest BCUT2D eigenvalue weighted by molar-refractivity contribution is 7.89. The summed E-state index contributed by atoms with van der Waals surface area (Å²) in [5.41, 5.74) is 1.02. The maximum Gasteiger partial charge on any atom is 0.243 e. The summed E-state index contributed by atoms with van der Waals surface area (Å²) in [6.07, 6.45) is 2.38. The fraction of sp³-hybridized carbons (Fsp3) is 0.632. The topological polar surface area (TPSA) is 78.5 Å². The molecule has 2 heterocycles. The fourth-order valence-electron chi connectivity index (χ4n) is 3.76. The molecule has 0 bridgehead atoms. The van der Waals surface area contributed by atoms with Crippen molar-refractivity contribution >= 4 is 15.9 Å². The van der Waals surface area contributed by atoms with Crippen molar-refractivity contribution in [2.75, 3.05) is 26.2 Å². The maximum absolute atomic E-state index is 12.9. The first-order chi connectivity index (χ1) is 12.4. The summed E-state index contributed by atoms with van der Waals surface area (Å²) >= 11 is 0. The molecule has 0 aromatic heterocycles. The van der Waals surface area contributed by atoms with Crippen molar-refractivity contribution in [1.82, 2.24) is 14.9 Å². The number of hydrogen-bond donors (Lipinski definition) is 2. The highest BCUT2D eigenvalue weighted by Gasteiger charge is 2.34. The molecule has 1 amide bonds. The summed E-state index contributed by atoms with van der Waals surface area (Å²) in [6.45, 7) is 6.62. The number of nitrogens with zero attached hydrogens (tertiary/aromatic N) is 1. The molecule has 3 atom stereocenters. The predicted octanol–water partition coefficient (Wildman–Crippen LogP) is 1.51. The molecule has 2 N–H and O–H groups in total. The van der Waals surface area contributed by atoms with Crippen molar-refractivity contribution in [2.24, 2.45) is 11.8 Å². The lowest BCUT2D eigenvalue weighted by Crippen LogP contribution is -2.52. The molecule has 0 radical (unpaired) electrons. The number of carbonyl (C=O) groups excluding carboxylic acids is 1. The van der Waals surface area contributed by atoms with Crippen LogP contribution in [-0.4, -0.2) is 50.9 Å². The molecule has 2 saturated heterocycles. The van der Waals surface area contributed by atoms with E-state index in [4.69, 9.17) is 0 Å². The van der Waals surface area contributed by atoms with E-state index in [2.05, 4.69) is 17.6 Å². The Kier molecular flexibility index (Phi) is 5.99. The number of piperidine rings is 2. The van der Waals surface area contributed by atoms with Crippen molar-refractivity contribution in [1.29, 1.82) is 0 Å². The van der Waals surface area contributed by atoms with Gasteiger partial charge in [0.15, 0.2) is 0 Å². The van der Waals surface area contributed by atoms with Gasteiger partial charge in [0.2, 0.25) is 15.9 Å². The second-order valence-corrected chi connectivity index (χ2v) is 9.54. The smallest absolute Gasteiger partial charge is 0.243 e. The van der Waals surface area contributed by atoms with E-state index in [-0.39, 0.29) is 24.4 Å². The first-order valence-electron chi connectivity index (χ1n) is 9.46. The largest absolute Gasteiger partial charge is 0.353 e. The first kappa shape index (κ1) is 19.3. The van der Waals surface area contributed by atoms with Gasteiger partial charge in [0.25, 0.3) is 0 Å². The van der Waals surface area contributed by atoms with Gasteiger partial charge in [0, 0.05) is 19.1 Å². The third-order valence-corrected chi connectivity index (χ3v) is 7.41. The number of carbonyl (C=O) groups is 1. The summed E-state index contributed by atoms with van der Waals surface area (Å²) in [4.78, 5) is 13.0. The standard InChI is InChI=1S/C19H29N3O3S/c1-14-5-7-17(8-6-14)26(24,25)22-11-3-4-16(13-22)19(23)21-18-9-10-20-12-15(18)2/h5-8,15-16,18,20H,3-4,9-13H2,1-2H3,(H,21,23). The average molecular weight is 380 g/mol. The van der Waals surface area contributed by atoms with Crippen LogP contribution in [0.15, 0.2) is 29.2 Å². The highest BCUT2D eigenvalue weighted by Crippen LogP contribution is 2.24. The molecule has 3 unspecified atom stereocenters. The Balaban J connectivity index is 1.66. The van der Waals surface area contributed by atoms with E-state index in [1.54, 1.807) is 24.3 Å². The van der Waals surface area contributed by atoms with Gasteiger partial charge in [-0.25, -0.2) is 8.42 Å². The van der Waals surface area contributed by atoms with Crippen molar-refractivity contribution in [2.45, 2.75) is 44.0 Å². The monoisotopic (exact) mass is 379 g/mol. The van der Waals surface area contributed by atoms with Crippen LogP contribution in [0.4, 0.5) is 0 Å². The quantitative estimate of drug-likeness (QED) is 0.831. The number of nitrogens with one attached hydrogen (secondary N) is 2. The molecule has 0 spiro atoms. The maximum atomic E-state index is 12.9. The molecule has 3 rings (SSSR count). The molecule has 2 aliphatic heterocycles. The Labute approximate surface area is 156 Å². The van der Waals surface area contributed by atoms with E-state index in [1.807, 2.05) is 6.92 Å². The lowest BCUT2D eigenvalue weighted by molar-refractivity contribution is -0.127. The lowest BCUT2D eigenvalue weighted by atomic mass is 9.93. The fourth-order valence-corrected chi connectivity index (χ4v) is 5.29. The van der Waals surface area contributed by atoms with Crippen molar-refractivity contribution in [3.05, 3.63) is 29.8 Å². The summed E-state index contributed by atoms with van der Waals surface area (Å²) in [5, 5.41) is 6.48. The molecule has 144 valence electrons. The Morgan fingerprint density at radius 1 is 1.23 bits per heavy atom. The number of hydrogen-bond acceptors (Lipinski definition) is 4. The number of amides is 1. The van der Waals surface area contributed by atoms with Crippen LogP contribution in [0.2, 0.25) is 0 Å². The van der Waals surface area contributed by atoms with E-state index < -0.39 is 10.0 Å². The van der Waals surface area contributed by atoms with Crippen molar-refractivity contribution in [3.8, 4) is 0 Å². The molecule has 0 saturated carbocycles. The highest BCUT2D eigenvalue weighted by atomic mass is 32.2. The van der Waals surface area contributed by atoms with Gasteiger partial charge in [-0.15, -0.1) is 0 Å². The summed E-state index contributed by atoms with van der Waals surface area (Å²) < 4.78 is 27.3. The second-order valence-electron chi connectivity index (χ2n) is 7.60. The van der Waals surface area contributed by atoms with Crippen molar-refractivity contribution < 1.29 is 13.2 Å². The van der Waals surface area contributed by atoms with Gasteiger partial charge in [-0.1, -0.05) is 24.6 Å². The summed E-state index contributed by atoms with van der Waals surface area (Å²) in [6, 6.07) is 7.07. The zero-order valence-electron chi connectivity index (χ0n) is 15.6. The van der Waals surface area contributed by atoms with Crippen molar-refractivity contribution in [3.63, 3.8) is 0 Å². The number of aryl methyl sites for hydroxylation is 1. The Hall–Kier alpha value is -1.44. The van der Waals surface area contributed by atoms with E-state index in [0.29, 0.717) is 23.8 Å². The first-order valence-corrected chi connectivity index (χ1v) is 10.9. The number of benzene rings is 1. The Bertz CT molecular complexity index is 733. The predicted molar refractivity (Wildman–Crippen MR) is 101 cm³/mol. The minimum Gasteiger partial charge on any atom is -0.353 e. The molecular formula is C19H29N3O3S. The molecule has 2 fully saturated rings. The van der Waals surface area contributed by atoms with Gasteiger partial charge < -0.3 is 10.6 Å². The van der Waals surface area contributed by atoms with Crippen LogP contribution in [0, 0.1) is 18.8 Å². The SMILES string of the molecule is Cc1ccc(S(=O)(=O)N2CCCC(C(=O)NC3CCNCC3C)C2)cc1. The van der Waals surface area contributed by atoms with E-state index in [0.717, 1.165) is 31.5 Å². The van der Waals surface area contributed by atoms with Gasteiger partial charge >= 0.3 is 0 Å². The van der Waals surface area contributed by atoms with Crippen LogP contribution in [0.5, 0.6) is 0 Å². The lowest BCUT2D eigenvalue weighted by Gasteiger charge is -2.34. The Morgan fingerprint density at radius 2 is 1.96 bits per heavy atom. The second kappa shape index (κ2) is 8.06. The molecule has 7 heteroatoms. The van der Waals surface area contributed by atoms with Gasteiger partial charge in [-0.05, 0) is 57.3 Å². The van der Waals surface area contributed by atoms with Crippen LogP contribution in [0.25, 0.3) is 0 Å². The molecular weight excluding hydrogens is 350 g/mol. The Morgan fingerprint density at radius 3 is 2.65 bits per heavy atom. The van der Waals surface area contributed by atoms with Crippen LogP contribution in [0.3, 0.4) is 0 Å². The molecule has 1 aromatic rings. The molecule has 26 heavy (non-hydrogen) atoms. The van der Waals surface area contributed by atoms with Gasteiger partial charge in [-0.2, -0.15) is 4.31 Å². The molecule has 1 aromatic carbocycles. The summed E-state index contributed by atoms with van der Waals surface area (Å²) in [5.74, 6) is 0.113. The van der Waals surface area contributed by atoms with Gasteiger partial charge in [-0.3, -0.25) is 4.79 Å². The van der Waals surface area contributed by atoms with E-state index in [9.17, 15) is 13.2 Å². The minimum atomic E-state index is -3.55. The van der Waals surface area contributed by atoms with Gasteiger partial charge in [0.05, 0.1) is 10.8 Å². The average Bonchev–Trinajstić information content (AvgIpc) is 2.64. The van der Waals surface area contributed by atoms with Crippen LogP contribution in [-0.2, 0) is 14.8 Å². The third-order valence-electron chi connectivity index (χ3n) is 5.53. The van der Waals surface area contributed by atoms with Crippen LogP contribution >= 0.6 is 0 Å². The minimum absolute atomic E-state index is 0.00689. The van der Waals surface area contributed by atoms with Gasteiger partial charge in [0.1, 0.15) is 0 Å². The molecule has 2 aliphatic rings. The normalized spacial score (nSPS) is 27.8. The zero-order valence-corrected chi connectivity index (χ0v) is 16.4. The number of rotatable bonds is 4. The number of sulfonamides is 1. The van der Waals surface area contributed by atoms with Crippen LogP contribution < -0.4 is 10.6 Å². The van der Waals surface area contributed by atoms with E-state index >= 15 is 0 Å². The third kappa shape index (κ3) is 4.27. The zero-order chi connectivity index (χ0) is 18.7.